The second kappa shape index (κ2) is 7.17. The number of para-hydroxylation sites is 1. The highest BCUT2D eigenvalue weighted by Crippen LogP contribution is 2.22. The minimum atomic E-state index is -0.664. The van der Waals surface area contributed by atoms with Gasteiger partial charge < -0.3 is 4.42 Å². The van der Waals surface area contributed by atoms with Crippen molar-refractivity contribution in [1.82, 2.24) is 4.98 Å². The number of benzene rings is 2. The van der Waals surface area contributed by atoms with E-state index in [1.54, 1.807) is 24.4 Å². The molecule has 0 radical (unpaired) electrons. The monoisotopic (exact) mass is 376 g/mol. The molecule has 0 saturated carbocycles. The van der Waals surface area contributed by atoms with Crippen LogP contribution < -0.4 is 10.9 Å². The third kappa shape index (κ3) is 3.80. The Morgan fingerprint density at radius 3 is 2.85 bits per heavy atom. The summed E-state index contributed by atoms with van der Waals surface area (Å²) in [5, 5.41) is 3.84. The Hall–Kier alpha value is -3.25. The maximum Gasteiger partial charge on any atom is 0.349 e. The van der Waals surface area contributed by atoms with Crippen molar-refractivity contribution in [3.05, 3.63) is 92.8 Å². The molecule has 2 heterocycles. The minimum absolute atomic E-state index is 0.0378. The molecule has 0 saturated heterocycles. The van der Waals surface area contributed by atoms with Crippen molar-refractivity contribution in [2.45, 2.75) is 13.3 Å². The number of thiazole rings is 1. The van der Waals surface area contributed by atoms with Crippen LogP contribution in [-0.2, 0) is 6.42 Å². The fraction of sp³-hybridized carbons (Fsp3) is 0.0952. The molecule has 0 unspecified atom stereocenters. The molecule has 0 aliphatic rings. The quantitative estimate of drug-likeness (QED) is 0.536. The maximum atomic E-state index is 12.5. The SMILES string of the molecule is Cc1cccc(Cc2cnc(NC(=O)c3cc4ccccc4oc3=O)s2)c1. The smallest absolute Gasteiger partial charge is 0.349 e. The van der Waals surface area contributed by atoms with Crippen LogP contribution in [0, 0.1) is 6.92 Å². The third-order valence-electron chi connectivity index (χ3n) is 4.12. The summed E-state index contributed by atoms with van der Waals surface area (Å²) in [6.45, 7) is 2.05. The average molecular weight is 376 g/mol. The molecule has 134 valence electrons. The fourth-order valence-electron chi connectivity index (χ4n) is 2.86. The van der Waals surface area contributed by atoms with Gasteiger partial charge in [-0.3, -0.25) is 10.1 Å². The van der Waals surface area contributed by atoms with Crippen molar-refractivity contribution in [3.63, 3.8) is 0 Å². The van der Waals surface area contributed by atoms with E-state index in [0.29, 0.717) is 16.1 Å². The molecule has 5 nitrogen and oxygen atoms in total. The molecule has 0 spiro atoms. The number of fused-ring (bicyclic) bond motifs is 1. The van der Waals surface area contributed by atoms with E-state index in [4.69, 9.17) is 4.42 Å². The highest BCUT2D eigenvalue weighted by molar-refractivity contribution is 7.15. The Bertz CT molecular complexity index is 1190. The van der Waals surface area contributed by atoms with Gasteiger partial charge in [0.2, 0.25) is 0 Å². The molecule has 0 bridgehead atoms. The van der Waals surface area contributed by atoms with E-state index < -0.39 is 11.5 Å². The van der Waals surface area contributed by atoms with Crippen molar-refractivity contribution in [3.8, 4) is 0 Å². The van der Waals surface area contributed by atoms with Crippen molar-refractivity contribution in [2.24, 2.45) is 0 Å². The molecule has 0 atom stereocenters. The van der Waals surface area contributed by atoms with Gasteiger partial charge in [0.05, 0.1) is 0 Å². The number of carbonyl (C=O) groups is 1. The zero-order chi connectivity index (χ0) is 18.8. The first-order valence-electron chi connectivity index (χ1n) is 8.43. The lowest BCUT2D eigenvalue weighted by atomic mass is 10.1. The Balaban J connectivity index is 1.53. The lowest BCUT2D eigenvalue weighted by molar-refractivity contribution is 0.102. The number of nitrogens with one attached hydrogen (secondary N) is 1. The first kappa shape index (κ1) is 17.2. The van der Waals surface area contributed by atoms with Crippen molar-refractivity contribution in [1.29, 1.82) is 0 Å². The van der Waals surface area contributed by atoms with Crippen LogP contribution in [0.25, 0.3) is 11.0 Å². The zero-order valence-electron chi connectivity index (χ0n) is 14.6. The summed E-state index contributed by atoms with van der Waals surface area (Å²) in [5.74, 6) is -0.522. The molecule has 4 rings (SSSR count). The van der Waals surface area contributed by atoms with E-state index >= 15 is 0 Å². The summed E-state index contributed by atoms with van der Waals surface area (Å²) < 4.78 is 5.21. The molecule has 0 aliphatic carbocycles. The topological polar surface area (TPSA) is 72.2 Å². The molecular weight excluding hydrogens is 360 g/mol. The maximum absolute atomic E-state index is 12.5. The van der Waals surface area contributed by atoms with E-state index in [-0.39, 0.29) is 5.56 Å². The number of rotatable bonds is 4. The Labute approximate surface area is 159 Å². The second-order valence-corrected chi connectivity index (χ2v) is 7.35. The van der Waals surface area contributed by atoms with E-state index in [9.17, 15) is 9.59 Å². The Morgan fingerprint density at radius 1 is 1.15 bits per heavy atom. The lowest BCUT2D eigenvalue weighted by Gasteiger charge is -2.02. The highest BCUT2D eigenvalue weighted by Gasteiger charge is 2.15. The number of amides is 1. The van der Waals surface area contributed by atoms with Gasteiger partial charge in [0, 0.05) is 22.9 Å². The highest BCUT2D eigenvalue weighted by atomic mass is 32.1. The molecule has 4 aromatic rings. The summed E-state index contributed by atoms with van der Waals surface area (Å²) in [6, 6.07) is 16.9. The van der Waals surface area contributed by atoms with Gasteiger partial charge in [-0.1, -0.05) is 48.0 Å². The van der Waals surface area contributed by atoms with Crippen molar-refractivity contribution < 1.29 is 9.21 Å². The molecule has 1 N–H and O–H groups in total. The number of hydrogen-bond donors (Lipinski definition) is 1. The van der Waals surface area contributed by atoms with Gasteiger partial charge in [-0.05, 0) is 24.6 Å². The van der Waals surface area contributed by atoms with Gasteiger partial charge >= 0.3 is 5.63 Å². The second-order valence-electron chi connectivity index (χ2n) is 6.24. The summed E-state index contributed by atoms with van der Waals surface area (Å²) in [4.78, 5) is 29.9. The average Bonchev–Trinajstić information content (AvgIpc) is 3.07. The van der Waals surface area contributed by atoms with Gasteiger partial charge in [-0.2, -0.15) is 0 Å². The number of nitrogens with zero attached hydrogens (tertiary/aromatic N) is 1. The standard InChI is InChI=1S/C21H16N2O3S/c1-13-5-4-6-14(9-13)10-16-12-22-21(27-16)23-19(24)17-11-15-7-2-3-8-18(15)26-20(17)25/h2-9,11-12H,10H2,1H3,(H,22,23,24). The van der Waals surface area contributed by atoms with Gasteiger partial charge in [0.25, 0.3) is 5.91 Å². The van der Waals surface area contributed by atoms with Gasteiger partial charge in [0.15, 0.2) is 5.13 Å². The van der Waals surface area contributed by atoms with E-state index in [1.165, 1.54) is 28.5 Å². The van der Waals surface area contributed by atoms with E-state index in [1.807, 2.05) is 12.1 Å². The fourth-order valence-corrected chi connectivity index (χ4v) is 3.70. The van der Waals surface area contributed by atoms with Crippen LogP contribution in [0.4, 0.5) is 5.13 Å². The molecule has 1 amide bonds. The van der Waals surface area contributed by atoms with Crippen molar-refractivity contribution in [2.75, 3.05) is 5.32 Å². The number of aryl methyl sites for hydroxylation is 1. The van der Waals surface area contributed by atoms with E-state index in [0.717, 1.165) is 11.3 Å². The molecule has 6 heteroatoms. The number of carbonyl (C=O) groups excluding carboxylic acids is 1. The number of anilines is 1. The Kier molecular flexibility index (Phi) is 4.56. The first-order valence-corrected chi connectivity index (χ1v) is 9.24. The summed E-state index contributed by atoms with van der Waals surface area (Å²) in [7, 11) is 0. The van der Waals surface area contributed by atoms with Crippen LogP contribution in [0.3, 0.4) is 0 Å². The molecular formula is C21H16N2O3S. The molecule has 2 aromatic heterocycles. The summed E-state index contributed by atoms with van der Waals surface area (Å²) in [6.07, 6.45) is 2.48. The van der Waals surface area contributed by atoms with Crippen LogP contribution in [0.5, 0.6) is 0 Å². The van der Waals surface area contributed by atoms with Crippen LogP contribution in [0.15, 0.2) is 70.0 Å². The summed E-state index contributed by atoms with van der Waals surface area (Å²) in [5.41, 5.74) is 2.14. The van der Waals surface area contributed by atoms with Gasteiger partial charge in [-0.25, -0.2) is 9.78 Å². The summed E-state index contributed by atoms with van der Waals surface area (Å²) >= 11 is 1.39. The molecule has 2 aromatic carbocycles. The third-order valence-corrected chi connectivity index (χ3v) is 5.03. The first-order chi connectivity index (χ1) is 13.1. The van der Waals surface area contributed by atoms with Crippen LogP contribution in [0.2, 0.25) is 0 Å². The molecule has 27 heavy (non-hydrogen) atoms. The molecule has 0 aliphatic heterocycles. The lowest BCUT2D eigenvalue weighted by Crippen LogP contribution is -2.20. The minimum Gasteiger partial charge on any atom is -0.422 e. The Morgan fingerprint density at radius 2 is 2.00 bits per heavy atom. The number of aromatic nitrogens is 1. The largest absolute Gasteiger partial charge is 0.422 e. The number of hydrogen-bond acceptors (Lipinski definition) is 5. The van der Waals surface area contributed by atoms with Crippen LogP contribution in [-0.4, -0.2) is 10.9 Å². The van der Waals surface area contributed by atoms with Gasteiger partial charge in [0.1, 0.15) is 11.1 Å². The predicted molar refractivity (Wildman–Crippen MR) is 107 cm³/mol. The van der Waals surface area contributed by atoms with Crippen LogP contribution >= 0.6 is 11.3 Å². The molecule has 0 fully saturated rings. The van der Waals surface area contributed by atoms with Crippen LogP contribution in [0.1, 0.15) is 26.4 Å². The zero-order valence-corrected chi connectivity index (χ0v) is 15.4. The van der Waals surface area contributed by atoms with Gasteiger partial charge in [-0.15, -0.1) is 11.3 Å². The van der Waals surface area contributed by atoms with Crippen molar-refractivity contribution >= 4 is 33.3 Å². The van der Waals surface area contributed by atoms with E-state index in [2.05, 4.69) is 35.4 Å². The predicted octanol–water partition coefficient (Wildman–Crippen LogP) is 4.40. The normalized spacial score (nSPS) is 10.9.